The number of allylic oxidation sites excluding steroid dienone is 1. The Labute approximate surface area is 261 Å². The molecule has 4 aromatic rings. The van der Waals surface area contributed by atoms with Crippen molar-refractivity contribution in [2.45, 2.75) is 33.4 Å². The second-order valence-corrected chi connectivity index (χ2v) is 11.4. The summed E-state index contributed by atoms with van der Waals surface area (Å²) >= 11 is 4.91. The van der Waals surface area contributed by atoms with Gasteiger partial charge < -0.3 is 18.9 Å². The second kappa shape index (κ2) is 13.4. The molecule has 43 heavy (non-hydrogen) atoms. The van der Waals surface area contributed by atoms with Gasteiger partial charge in [-0.25, -0.2) is 9.79 Å². The summed E-state index contributed by atoms with van der Waals surface area (Å²) in [4.78, 5) is 32.6. The first-order valence-electron chi connectivity index (χ1n) is 13.8. The number of para-hydroxylation sites is 1. The number of ether oxygens (including phenoxy) is 4. The Hall–Kier alpha value is -4.15. The molecule has 0 amide bonds. The minimum atomic E-state index is -0.819. The number of fused-ring (bicyclic) bond motifs is 1. The van der Waals surface area contributed by atoms with Crippen molar-refractivity contribution in [1.29, 1.82) is 0 Å². The summed E-state index contributed by atoms with van der Waals surface area (Å²) in [5.74, 6) is 1.13. The average molecular weight is 664 g/mol. The summed E-state index contributed by atoms with van der Waals surface area (Å²) in [6, 6.07) is 20.2. The number of thiazole rings is 1. The smallest absolute Gasteiger partial charge is 0.338 e. The number of carbonyl (C=O) groups excluding carboxylic acids is 1. The highest BCUT2D eigenvalue weighted by Crippen LogP contribution is 2.41. The Bertz CT molecular complexity index is 1860. The largest absolute Gasteiger partial charge is 0.493 e. The molecule has 0 aliphatic carbocycles. The predicted molar refractivity (Wildman–Crippen MR) is 169 cm³/mol. The van der Waals surface area contributed by atoms with E-state index in [-0.39, 0.29) is 17.7 Å². The topological polar surface area (TPSA) is 88.4 Å². The number of nitrogens with zero attached hydrogens (tertiary/aromatic N) is 2. The van der Waals surface area contributed by atoms with Gasteiger partial charge in [0.25, 0.3) is 5.56 Å². The van der Waals surface area contributed by atoms with E-state index in [0.717, 1.165) is 11.1 Å². The van der Waals surface area contributed by atoms with E-state index in [1.807, 2.05) is 61.5 Å². The highest BCUT2D eigenvalue weighted by Gasteiger charge is 2.35. The van der Waals surface area contributed by atoms with Gasteiger partial charge >= 0.3 is 5.97 Å². The van der Waals surface area contributed by atoms with Crippen molar-refractivity contribution in [3.05, 3.63) is 119 Å². The van der Waals surface area contributed by atoms with Gasteiger partial charge in [0, 0.05) is 10.0 Å². The lowest BCUT2D eigenvalue weighted by Crippen LogP contribution is -2.40. The maximum atomic E-state index is 14.2. The van der Waals surface area contributed by atoms with E-state index in [1.54, 1.807) is 43.7 Å². The lowest BCUT2D eigenvalue weighted by atomic mass is 9.95. The quantitative estimate of drug-likeness (QED) is 0.207. The fourth-order valence-electron chi connectivity index (χ4n) is 4.88. The van der Waals surface area contributed by atoms with Crippen LogP contribution in [0.4, 0.5) is 0 Å². The van der Waals surface area contributed by atoms with Gasteiger partial charge in [-0.3, -0.25) is 9.36 Å². The van der Waals surface area contributed by atoms with Crippen LogP contribution in [-0.2, 0) is 16.1 Å². The summed E-state index contributed by atoms with van der Waals surface area (Å²) in [5, 5.41) is 0. The molecule has 1 atom stereocenters. The number of halogens is 1. The first kappa shape index (κ1) is 30.3. The Morgan fingerprint density at radius 1 is 1.00 bits per heavy atom. The molecule has 1 aliphatic heterocycles. The standard InChI is InChI=1S/C33H31BrN2O6S/c1-5-40-27-18-24(34)23(17-26(27)39-4)30-29(32(38)41-6-2)20(3)35-33-36(30)31(37)28(43-33)16-22-14-10-11-15-25(22)42-19-21-12-8-7-9-13-21/h7-18,30H,5-6,19H2,1-4H3/b28-16+/t30-/m1/s1. The van der Waals surface area contributed by atoms with Gasteiger partial charge in [0.05, 0.1) is 42.2 Å². The van der Waals surface area contributed by atoms with Crippen molar-refractivity contribution in [2.24, 2.45) is 4.99 Å². The number of rotatable bonds is 10. The third kappa shape index (κ3) is 6.30. The first-order chi connectivity index (χ1) is 20.9. The number of carbonyl (C=O) groups is 1. The summed E-state index contributed by atoms with van der Waals surface area (Å²) in [7, 11) is 1.55. The van der Waals surface area contributed by atoms with E-state index >= 15 is 0 Å². The fourth-order valence-corrected chi connectivity index (χ4v) is 6.46. The van der Waals surface area contributed by atoms with Crippen molar-refractivity contribution in [1.82, 2.24) is 4.57 Å². The maximum absolute atomic E-state index is 14.2. The van der Waals surface area contributed by atoms with Crippen LogP contribution in [0.1, 0.15) is 43.5 Å². The maximum Gasteiger partial charge on any atom is 0.338 e. The van der Waals surface area contributed by atoms with Crippen LogP contribution in [0.3, 0.4) is 0 Å². The number of methoxy groups -OCH3 is 1. The molecule has 0 spiro atoms. The van der Waals surface area contributed by atoms with Gasteiger partial charge in [-0.05, 0) is 56.2 Å². The van der Waals surface area contributed by atoms with Crippen LogP contribution in [0.2, 0.25) is 0 Å². The Morgan fingerprint density at radius 3 is 2.47 bits per heavy atom. The zero-order chi connectivity index (χ0) is 30.5. The zero-order valence-corrected chi connectivity index (χ0v) is 26.7. The van der Waals surface area contributed by atoms with E-state index in [2.05, 4.69) is 20.9 Å². The highest BCUT2D eigenvalue weighted by molar-refractivity contribution is 9.10. The van der Waals surface area contributed by atoms with Gasteiger partial charge in [0.1, 0.15) is 12.4 Å². The third-order valence-corrected chi connectivity index (χ3v) is 8.51. The number of hydrogen-bond acceptors (Lipinski definition) is 8. The monoisotopic (exact) mass is 662 g/mol. The summed E-state index contributed by atoms with van der Waals surface area (Å²) in [6.45, 7) is 6.40. The molecule has 1 aliphatic rings. The molecule has 10 heteroatoms. The predicted octanol–water partition coefficient (Wildman–Crippen LogP) is 5.55. The molecule has 5 rings (SSSR count). The SMILES string of the molecule is CCOC(=O)C1=C(C)N=c2s/c(=C/c3ccccc3OCc3ccccc3)c(=O)n2[C@@H]1c1cc(OC)c(OCC)cc1Br. The summed E-state index contributed by atoms with van der Waals surface area (Å²) < 4.78 is 25.6. The molecule has 222 valence electrons. The lowest BCUT2D eigenvalue weighted by Gasteiger charge is -2.26. The minimum absolute atomic E-state index is 0.181. The molecule has 2 heterocycles. The van der Waals surface area contributed by atoms with Crippen molar-refractivity contribution in [2.75, 3.05) is 20.3 Å². The molecule has 0 saturated carbocycles. The lowest BCUT2D eigenvalue weighted by molar-refractivity contribution is -0.139. The van der Waals surface area contributed by atoms with Crippen LogP contribution in [0.15, 0.2) is 92.3 Å². The van der Waals surface area contributed by atoms with E-state index < -0.39 is 12.0 Å². The van der Waals surface area contributed by atoms with E-state index in [1.165, 1.54) is 11.3 Å². The van der Waals surface area contributed by atoms with Gasteiger partial charge in [0.2, 0.25) is 0 Å². The molecule has 1 aromatic heterocycles. The number of hydrogen-bond donors (Lipinski definition) is 0. The van der Waals surface area contributed by atoms with Crippen LogP contribution in [0, 0.1) is 0 Å². The number of aromatic nitrogens is 1. The fraction of sp³-hybridized carbons (Fsp3) is 0.242. The highest BCUT2D eigenvalue weighted by atomic mass is 79.9. The molecular formula is C33H31BrN2O6S. The molecule has 0 radical (unpaired) electrons. The number of esters is 1. The molecule has 3 aromatic carbocycles. The van der Waals surface area contributed by atoms with E-state index in [9.17, 15) is 9.59 Å². The normalized spacial score (nSPS) is 14.6. The van der Waals surface area contributed by atoms with E-state index in [0.29, 0.717) is 55.5 Å². The van der Waals surface area contributed by atoms with Gasteiger partial charge in [-0.15, -0.1) is 0 Å². The third-order valence-electron chi connectivity index (χ3n) is 6.84. The minimum Gasteiger partial charge on any atom is -0.493 e. The molecule has 0 N–H and O–H groups in total. The number of benzene rings is 3. The second-order valence-electron chi connectivity index (χ2n) is 9.57. The van der Waals surface area contributed by atoms with Crippen LogP contribution >= 0.6 is 27.3 Å². The Kier molecular flexibility index (Phi) is 9.47. The van der Waals surface area contributed by atoms with Gasteiger partial charge in [0.15, 0.2) is 16.3 Å². The molecule has 8 nitrogen and oxygen atoms in total. The van der Waals surface area contributed by atoms with Crippen LogP contribution < -0.4 is 29.1 Å². The van der Waals surface area contributed by atoms with Crippen molar-refractivity contribution in [3.63, 3.8) is 0 Å². The van der Waals surface area contributed by atoms with Crippen LogP contribution in [-0.4, -0.2) is 30.9 Å². The Balaban J connectivity index is 1.66. The van der Waals surface area contributed by atoms with Gasteiger partial charge in [-0.1, -0.05) is 75.8 Å². The van der Waals surface area contributed by atoms with Crippen LogP contribution in [0.5, 0.6) is 17.2 Å². The first-order valence-corrected chi connectivity index (χ1v) is 15.4. The van der Waals surface area contributed by atoms with E-state index in [4.69, 9.17) is 18.9 Å². The molecule has 0 fully saturated rings. The molecule has 0 bridgehead atoms. The van der Waals surface area contributed by atoms with Gasteiger partial charge in [-0.2, -0.15) is 0 Å². The van der Waals surface area contributed by atoms with Crippen LogP contribution in [0.25, 0.3) is 6.08 Å². The Morgan fingerprint density at radius 2 is 1.74 bits per heavy atom. The molecule has 0 saturated heterocycles. The van der Waals surface area contributed by atoms with Crippen molar-refractivity contribution < 1.29 is 23.7 Å². The molecular weight excluding hydrogens is 632 g/mol. The summed E-state index contributed by atoms with van der Waals surface area (Å²) in [6.07, 6.45) is 1.80. The van der Waals surface area contributed by atoms with Crippen molar-refractivity contribution >= 4 is 39.3 Å². The summed E-state index contributed by atoms with van der Waals surface area (Å²) in [5.41, 5.74) is 2.89. The van der Waals surface area contributed by atoms with Crippen molar-refractivity contribution in [3.8, 4) is 17.2 Å². The molecule has 0 unspecified atom stereocenters. The average Bonchev–Trinajstić information content (AvgIpc) is 3.31. The zero-order valence-electron chi connectivity index (χ0n) is 24.3.